The summed E-state index contributed by atoms with van der Waals surface area (Å²) in [6, 6.07) is 4.85. The maximum atomic E-state index is 13.2. The first kappa shape index (κ1) is 25.4. The average molecular weight is 508 g/mol. The molecule has 9 nitrogen and oxygen atoms in total. The predicted molar refractivity (Wildman–Crippen MR) is 139 cm³/mol. The lowest BCUT2D eigenvalue weighted by Gasteiger charge is -2.47. The highest BCUT2D eigenvalue weighted by molar-refractivity contribution is 6.01. The number of nitrogens with zero attached hydrogens (tertiary/aromatic N) is 4. The first-order valence-electron chi connectivity index (χ1n) is 13.2. The van der Waals surface area contributed by atoms with E-state index in [1.807, 2.05) is 18.2 Å². The number of carbonyl (C=O) groups is 3. The number of nitrogens with two attached hydrogens (primary N) is 1. The van der Waals surface area contributed by atoms with Crippen molar-refractivity contribution >= 4 is 17.8 Å². The molecule has 2 amide bonds. The molecule has 2 bridgehead atoms. The van der Waals surface area contributed by atoms with E-state index in [2.05, 4.69) is 22.7 Å². The summed E-state index contributed by atoms with van der Waals surface area (Å²) in [4.78, 5) is 46.8. The van der Waals surface area contributed by atoms with Crippen LogP contribution in [-0.2, 0) is 33.3 Å². The molecule has 2 aromatic rings. The van der Waals surface area contributed by atoms with Crippen LogP contribution >= 0.6 is 0 Å². The van der Waals surface area contributed by atoms with Gasteiger partial charge >= 0.3 is 5.97 Å². The Balaban J connectivity index is 1.34. The summed E-state index contributed by atoms with van der Waals surface area (Å²) >= 11 is 0. The van der Waals surface area contributed by atoms with Crippen LogP contribution in [0.4, 0.5) is 0 Å². The van der Waals surface area contributed by atoms with Gasteiger partial charge in [-0.05, 0) is 83.8 Å². The quantitative estimate of drug-likeness (QED) is 0.577. The van der Waals surface area contributed by atoms with E-state index < -0.39 is 23.5 Å². The molecule has 0 spiro atoms. The van der Waals surface area contributed by atoms with Crippen LogP contribution in [0.1, 0.15) is 74.6 Å². The lowest BCUT2D eigenvalue weighted by molar-refractivity contribution is -0.155. The fraction of sp³-hybridized carbons (Fsp3) is 0.571. The van der Waals surface area contributed by atoms with Crippen molar-refractivity contribution in [2.45, 2.75) is 76.5 Å². The van der Waals surface area contributed by atoms with Crippen LogP contribution < -0.4 is 5.73 Å². The second-order valence-electron chi connectivity index (χ2n) is 11.8. The van der Waals surface area contributed by atoms with E-state index in [1.54, 1.807) is 20.8 Å². The number of ether oxygens (including phenoxy) is 1. The molecule has 0 aliphatic carbocycles. The van der Waals surface area contributed by atoms with Crippen LogP contribution in [0.25, 0.3) is 11.3 Å². The Morgan fingerprint density at radius 2 is 1.84 bits per heavy atom. The first-order valence-corrected chi connectivity index (χ1v) is 13.2. The number of hydrogen-bond acceptors (Lipinski definition) is 6. The molecule has 198 valence electrons. The summed E-state index contributed by atoms with van der Waals surface area (Å²) in [6.07, 6.45) is 5.63. The number of rotatable bonds is 7. The van der Waals surface area contributed by atoms with Crippen molar-refractivity contribution in [2.24, 2.45) is 12.8 Å². The molecule has 37 heavy (non-hydrogen) atoms. The number of fused-ring (bicyclic) bond motifs is 4. The van der Waals surface area contributed by atoms with Gasteiger partial charge in [0.05, 0.1) is 5.69 Å². The van der Waals surface area contributed by atoms with Gasteiger partial charge in [0.15, 0.2) is 0 Å². The molecule has 4 aliphatic heterocycles. The Morgan fingerprint density at radius 1 is 1.16 bits per heavy atom. The van der Waals surface area contributed by atoms with Crippen LogP contribution in [0, 0.1) is 0 Å². The van der Waals surface area contributed by atoms with Gasteiger partial charge in [-0.1, -0.05) is 6.07 Å². The number of amides is 2. The predicted octanol–water partition coefficient (Wildman–Crippen LogP) is 2.76. The fourth-order valence-electron chi connectivity index (χ4n) is 6.11. The summed E-state index contributed by atoms with van der Waals surface area (Å²) in [5.41, 5.74) is 8.43. The van der Waals surface area contributed by atoms with Crippen molar-refractivity contribution in [3.63, 3.8) is 0 Å². The van der Waals surface area contributed by atoms with Crippen molar-refractivity contribution < 1.29 is 19.1 Å². The van der Waals surface area contributed by atoms with E-state index >= 15 is 0 Å². The van der Waals surface area contributed by atoms with E-state index in [0.717, 1.165) is 61.5 Å². The van der Waals surface area contributed by atoms with Crippen molar-refractivity contribution in [3.05, 3.63) is 41.3 Å². The molecule has 1 aromatic heterocycles. The molecule has 0 radical (unpaired) electrons. The van der Waals surface area contributed by atoms with Crippen molar-refractivity contribution in [1.29, 1.82) is 0 Å². The molecule has 4 aliphatic rings. The third-order valence-electron chi connectivity index (χ3n) is 8.05. The smallest absolute Gasteiger partial charge is 0.306 e. The Bertz CT molecular complexity index is 1220. The lowest BCUT2D eigenvalue weighted by Crippen LogP contribution is -2.51. The van der Waals surface area contributed by atoms with Crippen LogP contribution in [0.2, 0.25) is 0 Å². The van der Waals surface area contributed by atoms with E-state index in [0.29, 0.717) is 5.56 Å². The minimum absolute atomic E-state index is 0.00642. The summed E-state index contributed by atoms with van der Waals surface area (Å²) in [5, 5.41) is 0. The standard InChI is InChI=1S/C28H37N5O4/c1-27(2,3)37-23(34)8-7-22(24(29)35)33-16-19-15-18(5-6-20(19)25(33)36)21-17-31(4)26(30-21)28-9-12-32(13-10-28)14-11-28/h5-6,15,17,22H,7-14,16H2,1-4H3,(H2,29,35). The average Bonchev–Trinajstić information content (AvgIpc) is 3.39. The number of piperidine rings is 3. The number of hydrogen-bond donors (Lipinski definition) is 1. The van der Waals surface area contributed by atoms with Crippen LogP contribution in [-0.4, -0.2) is 68.4 Å². The second kappa shape index (κ2) is 9.28. The maximum Gasteiger partial charge on any atom is 0.306 e. The number of esters is 1. The molecule has 9 heteroatoms. The monoisotopic (exact) mass is 507 g/mol. The molecule has 2 N–H and O–H groups in total. The summed E-state index contributed by atoms with van der Waals surface area (Å²) < 4.78 is 7.52. The third kappa shape index (κ3) is 4.89. The lowest BCUT2D eigenvalue weighted by atomic mass is 9.71. The number of imidazole rings is 1. The number of carbonyl (C=O) groups excluding carboxylic acids is 3. The Morgan fingerprint density at radius 3 is 2.46 bits per heavy atom. The molecule has 1 aromatic carbocycles. The van der Waals surface area contributed by atoms with Gasteiger partial charge in [-0.2, -0.15) is 0 Å². The van der Waals surface area contributed by atoms with Gasteiger partial charge in [-0.15, -0.1) is 0 Å². The van der Waals surface area contributed by atoms with Crippen molar-refractivity contribution in [3.8, 4) is 11.3 Å². The largest absolute Gasteiger partial charge is 0.460 e. The second-order valence-corrected chi connectivity index (χ2v) is 11.8. The summed E-state index contributed by atoms with van der Waals surface area (Å²) in [5.74, 6) is -0.142. The van der Waals surface area contributed by atoms with Crippen LogP contribution in [0.15, 0.2) is 24.4 Å². The Kier molecular flexibility index (Phi) is 6.38. The van der Waals surface area contributed by atoms with E-state index in [-0.39, 0.29) is 30.7 Å². The zero-order valence-corrected chi connectivity index (χ0v) is 22.2. The highest BCUT2D eigenvalue weighted by atomic mass is 16.6. The molecular weight excluding hydrogens is 470 g/mol. The Hall–Kier alpha value is -3.20. The zero-order chi connectivity index (χ0) is 26.5. The van der Waals surface area contributed by atoms with Gasteiger partial charge in [0.2, 0.25) is 5.91 Å². The normalized spacial score (nSPS) is 23.7. The summed E-state index contributed by atoms with van der Waals surface area (Å²) in [7, 11) is 2.07. The molecule has 0 saturated carbocycles. The number of aromatic nitrogens is 2. The molecule has 3 saturated heterocycles. The van der Waals surface area contributed by atoms with Gasteiger partial charge < -0.3 is 24.8 Å². The maximum absolute atomic E-state index is 13.2. The highest BCUT2D eigenvalue weighted by Gasteiger charge is 2.43. The summed E-state index contributed by atoms with van der Waals surface area (Å²) in [6.45, 7) is 9.03. The number of primary amides is 1. The van der Waals surface area contributed by atoms with Gasteiger partial charge in [-0.3, -0.25) is 14.4 Å². The van der Waals surface area contributed by atoms with Crippen molar-refractivity contribution in [1.82, 2.24) is 19.4 Å². The molecule has 3 fully saturated rings. The zero-order valence-electron chi connectivity index (χ0n) is 22.2. The minimum Gasteiger partial charge on any atom is -0.460 e. The minimum atomic E-state index is -0.881. The molecule has 5 heterocycles. The van der Waals surface area contributed by atoms with Gasteiger partial charge in [0.1, 0.15) is 17.5 Å². The molecular formula is C28H37N5O4. The highest BCUT2D eigenvalue weighted by Crippen LogP contribution is 2.43. The SMILES string of the molecule is Cn1cc(-c2ccc3c(c2)CN(C(CCC(=O)OC(C)(C)C)C(N)=O)C3=O)nc1C12CCN(CC1)CC2. The van der Waals surface area contributed by atoms with Crippen molar-refractivity contribution in [2.75, 3.05) is 19.6 Å². The van der Waals surface area contributed by atoms with Gasteiger partial charge in [0.25, 0.3) is 5.91 Å². The number of benzene rings is 1. The van der Waals surface area contributed by atoms with E-state index in [1.165, 1.54) is 4.90 Å². The third-order valence-corrected chi connectivity index (χ3v) is 8.05. The van der Waals surface area contributed by atoms with Crippen LogP contribution in [0.3, 0.4) is 0 Å². The Labute approximate surface area is 218 Å². The van der Waals surface area contributed by atoms with Gasteiger partial charge in [-0.25, -0.2) is 4.98 Å². The van der Waals surface area contributed by atoms with Gasteiger partial charge in [0, 0.05) is 42.8 Å². The van der Waals surface area contributed by atoms with Crippen LogP contribution in [0.5, 0.6) is 0 Å². The topological polar surface area (TPSA) is 111 Å². The molecule has 1 atom stereocenters. The molecule has 6 rings (SSSR count). The fourth-order valence-corrected chi connectivity index (χ4v) is 6.11. The van der Waals surface area contributed by atoms with E-state index in [4.69, 9.17) is 15.5 Å². The number of aryl methyl sites for hydroxylation is 1. The van der Waals surface area contributed by atoms with E-state index in [9.17, 15) is 14.4 Å². The molecule has 1 unspecified atom stereocenters. The first-order chi connectivity index (χ1) is 17.5.